The van der Waals surface area contributed by atoms with Crippen LogP contribution in [0.2, 0.25) is 0 Å². The molecule has 40 heavy (non-hydrogen) atoms. The Kier molecular flexibility index (Phi) is 7.81. The second-order valence-electron chi connectivity index (χ2n) is 11.2. The van der Waals surface area contributed by atoms with Gasteiger partial charge in [0.15, 0.2) is 5.76 Å². The summed E-state index contributed by atoms with van der Waals surface area (Å²) in [5, 5.41) is 29.4. The third-order valence-corrected chi connectivity index (χ3v) is 8.49. The van der Waals surface area contributed by atoms with Crippen molar-refractivity contribution >= 4 is 35.6 Å². The fourth-order valence-electron chi connectivity index (χ4n) is 6.29. The molecule has 4 aliphatic rings. The summed E-state index contributed by atoms with van der Waals surface area (Å²) in [6, 6.07) is -0.730. The van der Waals surface area contributed by atoms with Gasteiger partial charge in [-0.25, -0.2) is 0 Å². The van der Waals surface area contributed by atoms with Gasteiger partial charge >= 0.3 is 0 Å². The fourth-order valence-corrected chi connectivity index (χ4v) is 6.29. The van der Waals surface area contributed by atoms with E-state index in [1.165, 1.54) is 23.3 Å². The van der Waals surface area contributed by atoms with Crippen molar-refractivity contribution in [1.82, 2.24) is 20.4 Å². The van der Waals surface area contributed by atoms with Crippen LogP contribution in [-0.2, 0) is 24.0 Å². The first-order valence-corrected chi connectivity index (χ1v) is 13.8. The monoisotopic (exact) mass is 556 g/mol. The quantitative estimate of drug-likeness (QED) is 0.357. The van der Waals surface area contributed by atoms with Gasteiger partial charge in [-0.05, 0) is 50.7 Å². The molecule has 2 aliphatic carbocycles. The molecule has 5 rings (SSSR count). The van der Waals surface area contributed by atoms with Gasteiger partial charge in [-0.15, -0.1) is 0 Å². The van der Waals surface area contributed by atoms with Crippen molar-refractivity contribution in [3.63, 3.8) is 0 Å². The Balaban J connectivity index is 1.29. The number of carboxylic acids is 2. The van der Waals surface area contributed by atoms with Crippen LogP contribution in [0.25, 0.3) is 0 Å². The number of amides is 4. The van der Waals surface area contributed by atoms with E-state index in [4.69, 9.17) is 4.42 Å². The maximum Gasteiger partial charge on any atom is 0.287 e. The van der Waals surface area contributed by atoms with E-state index in [2.05, 4.69) is 10.6 Å². The molecule has 2 N–H and O–H groups in total. The first-order valence-electron chi connectivity index (χ1n) is 13.8. The van der Waals surface area contributed by atoms with Crippen molar-refractivity contribution in [2.24, 2.45) is 17.8 Å². The van der Waals surface area contributed by atoms with Crippen LogP contribution in [-0.4, -0.2) is 82.6 Å². The van der Waals surface area contributed by atoms with Crippen LogP contribution in [0.3, 0.4) is 0 Å². The summed E-state index contributed by atoms with van der Waals surface area (Å²) in [5.74, 6) is -6.37. The van der Waals surface area contributed by atoms with Crippen LogP contribution in [0, 0.1) is 17.8 Å². The zero-order chi connectivity index (χ0) is 28.6. The molecule has 13 nitrogen and oxygen atoms in total. The highest BCUT2D eigenvalue weighted by atomic mass is 16.4. The van der Waals surface area contributed by atoms with Gasteiger partial charge in [-0.2, -0.15) is 0 Å². The molecule has 0 aromatic carbocycles. The molecule has 2 saturated heterocycles. The first kappa shape index (κ1) is 27.7. The second kappa shape index (κ2) is 11.3. The minimum Gasteiger partial charge on any atom is -0.548 e. The molecule has 1 aromatic rings. The molecular formula is C27H32N4O9-2. The maximum atomic E-state index is 13.8. The van der Waals surface area contributed by atoms with Crippen molar-refractivity contribution in [1.29, 1.82) is 0 Å². The predicted octanol–water partition coefficient (Wildman–Crippen LogP) is -2.22. The Bertz CT molecular complexity index is 1180. The van der Waals surface area contributed by atoms with Crippen LogP contribution in [0.1, 0.15) is 61.9 Å². The Morgan fingerprint density at radius 2 is 1.30 bits per heavy atom. The average Bonchev–Trinajstić information content (AvgIpc) is 3.29. The van der Waals surface area contributed by atoms with Crippen molar-refractivity contribution in [3.05, 3.63) is 24.2 Å². The van der Waals surface area contributed by atoms with Crippen LogP contribution in [0.4, 0.5) is 0 Å². The lowest BCUT2D eigenvalue weighted by atomic mass is 9.77. The summed E-state index contributed by atoms with van der Waals surface area (Å²) in [4.78, 5) is 78.4. The summed E-state index contributed by atoms with van der Waals surface area (Å²) >= 11 is 0. The number of rotatable bonds is 8. The molecule has 0 radical (unpaired) electrons. The van der Waals surface area contributed by atoms with Crippen LogP contribution >= 0.6 is 0 Å². The number of carbonyl (C=O) groups is 6. The van der Waals surface area contributed by atoms with Crippen molar-refractivity contribution in [3.8, 4) is 0 Å². The summed E-state index contributed by atoms with van der Waals surface area (Å²) in [6.07, 6.45) is 4.83. The van der Waals surface area contributed by atoms with Gasteiger partial charge in [0.2, 0.25) is 17.7 Å². The van der Waals surface area contributed by atoms with Gasteiger partial charge < -0.3 is 44.7 Å². The molecule has 0 spiro atoms. The highest BCUT2D eigenvalue weighted by Crippen LogP contribution is 2.37. The van der Waals surface area contributed by atoms with E-state index in [1.54, 1.807) is 0 Å². The summed E-state index contributed by atoms with van der Waals surface area (Å²) in [5.41, 5.74) is 0. The van der Waals surface area contributed by atoms with Crippen LogP contribution in [0.15, 0.2) is 22.8 Å². The number of carbonyl (C=O) groups excluding carboxylic acids is 6. The molecule has 3 heterocycles. The van der Waals surface area contributed by atoms with Crippen molar-refractivity contribution in [2.75, 3.05) is 13.1 Å². The summed E-state index contributed by atoms with van der Waals surface area (Å²) in [7, 11) is 0. The Labute approximate surface area is 230 Å². The van der Waals surface area contributed by atoms with E-state index in [9.17, 15) is 39.0 Å². The number of nitrogens with zero attached hydrogens (tertiary/aromatic N) is 2. The predicted molar refractivity (Wildman–Crippen MR) is 130 cm³/mol. The first-order chi connectivity index (χ1) is 19.1. The van der Waals surface area contributed by atoms with E-state index in [0.29, 0.717) is 25.7 Å². The highest BCUT2D eigenvalue weighted by molar-refractivity contribution is 5.93. The molecule has 216 valence electrons. The minimum atomic E-state index is -1.47. The van der Waals surface area contributed by atoms with Crippen LogP contribution in [0.5, 0.6) is 0 Å². The lowest BCUT2D eigenvalue weighted by molar-refractivity contribution is -0.312. The molecule has 4 fully saturated rings. The lowest BCUT2D eigenvalue weighted by Gasteiger charge is -2.37. The molecule has 6 atom stereocenters. The summed E-state index contributed by atoms with van der Waals surface area (Å²) < 4.78 is 5.07. The van der Waals surface area contributed by atoms with Gasteiger partial charge in [0.1, 0.15) is 0 Å². The molecule has 0 bridgehead atoms. The average molecular weight is 557 g/mol. The number of hydrogen-bond acceptors (Lipinski definition) is 9. The van der Waals surface area contributed by atoms with Gasteiger partial charge in [-0.1, -0.05) is 12.8 Å². The van der Waals surface area contributed by atoms with E-state index >= 15 is 0 Å². The second-order valence-corrected chi connectivity index (χ2v) is 11.2. The minimum absolute atomic E-state index is 0.000376. The Morgan fingerprint density at radius 1 is 0.775 bits per heavy atom. The van der Waals surface area contributed by atoms with E-state index in [-0.39, 0.29) is 43.5 Å². The van der Waals surface area contributed by atoms with Gasteiger partial charge in [0, 0.05) is 42.9 Å². The number of hydrogen-bond donors (Lipinski definition) is 2. The van der Waals surface area contributed by atoms with E-state index in [0.717, 1.165) is 17.7 Å². The highest BCUT2D eigenvalue weighted by Gasteiger charge is 2.47. The Morgan fingerprint density at radius 3 is 1.75 bits per heavy atom. The molecular weight excluding hydrogens is 524 g/mol. The smallest absolute Gasteiger partial charge is 0.287 e. The van der Waals surface area contributed by atoms with Crippen LogP contribution < -0.4 is 20.8 Å². The molecule has 13 heteroatoms. The number of nitrogens with one attached hydrogen (secondary N) is 2. The summed E-state index contributed by atoms with van der Waals surface area (Å²) in [6.45, 7) is -0.0817. The Hall–Kier alpha value is -3.90. The largest absolute Gasteiger partial charge is 0.548 e. The molecule has 4 amide bonds. The standard InChI is InChI=1S/C27H34N4O9/c32-22(14-7-8-14)28-15-10-19(26(36)37)30(12-15)24(34)17-4-1-2-5-18(17)25(35)31-13-16(11-20(31)27(38)39)29-23(33)21-6-3-9-40-21/h3,6,9,14-20H,1-2,4-5,7-8,10-13H2,(H,28,32)(H,29,33)(H,36,37)(H,38,39)/p-2/t15-,16-,17+,18-,19-,20-/m0/s1. The van der Waals surface area contributed by atoms with E-state index < -0.39 is 65.7 Å². The maximum absolute atomic E-state index is 13.8. The topological polar surface area (TPSA) is 192 Å². The fraction of sp³-hybridized carbons (Fsp3) is 0.630. The lowest BCUT2D eigenvalue weighted by Crippen LogP contribution is -2.54. The normalized spacial score (nSPS) is 30.1. The number of aliphatic carboxylic acids is 2. The molecule has 0 unspecified atom stereocenters. The SMILES string of the molecule is O=C(N[C@H]1C[C@@H](C(=O)[O-])N(C(=O)[C@H]2CCCC[C@H]2C(=O)N2C[C@@H](NC(=O)C3CC3)C[C@H]2C(=O)[O-])C1)c1ccco1. The molecule has 1 aromatic heterocycles. The van der Waals surface area contributed by atoms with Gasteiger partial charge in [0.05, 0.1) is 30.3 Å². The number of furan rings is 1. The van der Waals surface area contributed by atoms with Crippen molar-refractivity contribution in [2.45, 2.75) is 75.5 Å². The third kappa shape index (κ3) is 5.68. The zero-order valence-electron chi connectivity index (χ0n) is 21.9. The van der Waals surface area contributed by atoms with E-state index in [1.807, 2.05) is 0 Å². The molecule has 2 aliphatic heterocycles. The molecule has 2 saturated carbocycles. The third-order valence-electron chi connectivity index (χ3n) is 8.49. The van der Waals surface area contributed by atoms with Crippen molar-refractivity contribution < 1.29 is 43.4 Å². The van der Waals surface area contributed by atoms with Gasteiger partial charge in [0.25, 0.3) is 5.91 Å². The van der Waals surface area contributed by atoms with Gasteiger partial charge in [-0.3, -0.25) is 19.2 Å². The zero-order valence-corrected chi connectivity index (χ0v) is 21.9. The number of carboxylic acid groups (broad SMARTS) is 2. The number of likely N-dealkylation sites (tertiary alicyclic amines) is 2.